The van der Waals surface area contributed by atoms with Gasteiger partial charge in [0.25, 0.3) is 0 Å². The Balaban J connectivity index is 2.44. The van der Waals surface area contributed by atoms with Crippen LogP contribution in [0.25, 0.3) is 0 Å². The predicted molar refractivity (Wildman–Crippen MR) is 78.7 cm³/mol. The van der Waals surface area contributed by atoms with Gasteiger partial charge in [-0.1, -0.05) is 13.8 Å². The first-order valence-corrected chi connectivity index (χ1v) is 7.54. The molecule has 0 saturated carbocycles. The van der Waals surface area contributed by atoms with Crippen LogP contribution in [-0.2, 0) is 4.79 Å². The van der Waals surface area contributed by atoms with Crippen LogP contribution in [-0.4, -0.2) is 61.0 Å². The molecule has 1 aliphatic rings. The molecule has 1 heterocycles. The van der Waals surface area contributed by atoms with E-state index in [1.807, 2.05) is 6.92 Å². The number of amides is 1. The molecule has 5 heteroatoms. The van der Waals surface area contributed by atoms with E-state index in [4.69, 9.17) is 11.5 Å². The maximum atomic E-state index is 11.1. The standard InChI is InChI=1S/C14H30N4O/c1-3-13(5-6-15)18-8-4-7-17(9-10-18)11-12(2)14(16)19/h12-13H,3-11,15H2,1-2H3,(H2,16,19). The van der Waals surface area contributed by atoms with Crippen molar-refractivity contribution in [3.8, 4) is 0 Å². The number of nitrogens with two attached hydrogens (primary N) is 2. The molecule has 4 N–H and O–H groups in total. The first-order valence-electron chi connectivity index (χ1n) is 7.54. The average Bonchev–Trinajstić information content (AvgIpc) is 2.61. The maximum absolute atomic E-state index is 11.1. The van der Waals surface area contributed by atoms with E-state index in [0.29, 0.717) is 6.04 Å². The summed E-state index contributed by atoms with van der Waals surface area (Å²) in [5.41, 5.74) is 11.0. The molecular weight excluding hydrogens is 240 g/mol. The van der Waals surface area contributed by atoms with Crippen LogP contribution in [0.4, 0.5) is 0 Å². The van der Waals surface area contributed by atoms with Crippen LogP contribution in [0.3, 0.4) is 0 Å². The van der Waals surface area contributed by atoms with Gasteiger partial charge in [0.1, 0.15) is 0 Å². The molecule has 0 radical (unpaired) electrons. The van der Waals surface area contributed by atoms with Gasteiger partial charge in [-0.25, -0.2) is 0 Å². The van der Waals surface area contributed by atoms with Gasteiger partial charge in [-0.3, -0.25) is 9.69 Å². The summed E-state index contributed by atoms with van der Waals surface area (Å²) >= 11 is 0. The highest BCUT2D eigenvalue weighted by Gasteiger charge is 2.22. The van der Waals surface area contributed by atoms with Crippen molar-refractivity contribution in [1.29, 1.82) is 0 Å². The minimum atomic E-state index is -0.198. The molecule has 2 unspecified atom stereocenters. The van der Waals surface area contributed by atoms with Gasteiger partial charge < -0.3 is 16.4 Å². The third-order valence-corrected chi connectivity index (χ3v) is 4.13. The third-order valence-electron chi connectivity index (χ3n) is 4.13. The zero-order valence-corrected chi connectivity index (χ0v) is 12.5. The van der Waals surface area contributed by atoms with Crippen molar-refractivity contribution in [1.82, 2.24) is 9.80 Å². The maximum Gasteiger partial charge on any atom is 0.221 e. The smallest absolute Gasteiger partial charge is 0.221 e. The largest absolute Gasteiger partial charge is 0.369 e. The van der Waals surface area contributed by atoms with Gasteiger partial charge in [-0.15, -0.1) is 0 Å². The van der Waals surface area contributed by atoms with Gasteiger partial charge in [-0.2, -0.15) is 0 Å². The van der Waals surface area contributed by atoms with Crippen LogP contribution >= 0.6 is 0 Å². The summed E-state index contributed by atoms with van der Waals surface area (Å²) in [5, 5.41) is 0. The molecule has 1 rings (SSSR count). The number of carbonyl (C=O) groups excluding carboxylic acids is 1. The lowest BCUT2D eigenvalue weighted by atomic mass is 10.1. The summed E-state index contributed by atoms with van der Waals surface area (Å²) in [6, 6.07) is 0.610. The molecule has 0 aromatic rings. The van der Waals surface area contributed by atoms with Crippen molar-refractivity contribution in [2.45, 2.75) is 39.2 Å². The SMILES string of the molecule is CCC(CCN)N1CCCN(CC(C)C(N)=O)CC1. The summed E-state index contributed by atoms with van der Waals surface area (Å²) in [6.07, 6.45) is 3.40. The van der Waals surface area contributed by atoms with Gasteiger partial charge in [0, 0.05) is 31.6 Å². The van der Waals surface area contributed by atoms with Gasteiger partial charge in [-0.05, 0) is 38.9 Å². The molecular formula is C14H30N4O. The lowest BCUT2D eigenvalue weighted by Gasteiger charge is -2.30. The molecule has 1 aliphatic heterocycles. The van der Waals surface area contributed by atoms with Crippen molar-refractivity contribution in [3.63, 3.8) is 0 Å². The molecule has 112 valence electrons. The lowest BCUT2D eigenvalue weighted by molar-refractivity contribution is -0.121. The summed E-state index contributed by atoms with van der Waals surface area (Å²) in [6.45, 7) is 10.00. The summed E-state index contributed by atoms with van der Waals surface area (Å²) in [4.78, 5) is 16.1. The van der Waals surface area contributed by atoms with E-state index in [0.717, 1.165) is 58.5 Å². The Bertz CT molecular complexity index is 272. The van der Waals surface area contributed by atoms with E-state index < -0.39 is 0 Å². The van der Waals surface area contributed by atoms with Gasteiger partial charge in [0.15, 0.2) is 0 Å². The second kappa shape index (κ2) is 8.51. The third kappa shape index (κ3) is 5.47. The topological polar surface area (TPSA) is 75.6 Å². The Morgan fingerprint density at radius 2 is 2.00 bits per heavy atom. The van der Waals surface area contributed by atoms with E-state index in [2.05, 4.69) is 16.7 Å². The molecule has 2 atom stereocenters. The molecule has 1 amide bonds. The molecule has 1 saturated heterocycles. The Kier molecular flexibility index (Phi) is 7.34. The number of carbonyl (C=O) groups is 1. The predicted octanol–water partition coefficient (Wildman–Crippen LogP) is 0.243. The van der Waals surface area contributed by atoms with Crippen LogP contribution in [0.15, 0.2) is 0 Å². The monoisotopic (exact) mass is 270 g/mol. The molecule has 0 aliphatic carbocycles. The van der Waals surface area contributed by atoms with E-state index >= 15 is 0 Å². The van der Waals surface area contributed by atoms with Crippen molar-refractivity contribution in [2.24, 2.45) is 17.4 Å². The highest BCUT2D eigenvalue weighted by Crippen LogP contribution is 2.13. The van der Waals surface area contributed by atoms with Gasteiger partial charge >= 0.3 is 0 Å². The van der Waals surface area contributed by atoms with E-state index in [1.165, 1.54) is 0 Å². The fraction of sp³-hybridized carbons (Fsp3) is 0.929. The van der Waals surface area contributed by atoms with Gasteiger partial charge in [0.05, 0.1) is 0 Å². The number of primary amides is 1. The molecule has 1 fully saturated rings. The highest BCUT2D eigenvalue weighted by atomic mass is 16.1. The van der Waals surface area contributed by atoms with E-state index in [9.17, 15) is 4.79 Å². The van der Waals surface area contributed by atoms with Crippen LogP contribution in [0.1, 0.15) is 33.1 Å². The van der Waals surface area contributed by atoms with Crippen molar-refractivity contribution >= 4 is 5.91 Å². The second-order valence-electron chi connectivity index (χ2n) is 5.63. The van der Waals surface area contributed by atoms with Gasteiger partial charge in [0.2, 0.25) is 5.91 Å². The van der Waals surface area contributed by atoms with Crippen molar-refractivity contribution in [3.05, 3.63) is 0 Å². The van der Waals surface area contributed by atoms with Crippen LogP contribution in [0.5, 0.6) is 0 Å². The lowest BCUT2D eigenvalue weighted by Crippen LogP contribution is -2.40. The second-order valence-corrected chi connectivity index (χ2v) is 5.63. The minimum Gasteiger partial charge on any atom is -0.369 e. The van der Waals surface area contributed by atoms with Crippen LogP contribution in [0, 0.1) is 5.92 Å². The Morgan fingerprint density at radius 3 is 2.58 bits per heavy atom. The number of rotatable bonds is 7. The Labute approximate surface area is 117 Å². The molecule has 0 spiro atoms. The number of hydrogen-bond acceptors (Lipinski definition) is 4. The normalized spacial score (nSPS) is 21.8. The van der Waals surface area contributed by atoms with Crippen molar-refractivity contribution in [2.75, 3.05) is 39.3 Å². The van der Waals surface area contributed by atoms with Crippen LogP contribution in [0.2, 0.25) is 0 Å². The fourth-order valence-electron chi connectivity index (χ4n) is 2.85. The zero-order chi connectivity index (χ0) is 14.3. The van der Waals surface area contributed by atoms with Crippen molar-refractivity contribution < 1.29 is 4.79 Å². The molecule has 5 nitrogen and oxygen atoms in total. The summed E-state index contributed by atoms with van der Waals surface area (Å²) < 4.78 is 0. The van der Waals surface area contributed by atoms with Crippen LogP contribution < -0.4 is 11.5 Å². The fourth-order valence-corrected chi connectivity index (χ4v) is 2.85. The number of hydrogen-bond donors (Lipinski definition) is 2. The highest BCUT2D eigenvalue weighted by molar-refractivity contribution is 5.76. The summed E-state index contributed by atoms with van der Waals surface area (Å²) in [7, 11) is 0. The Hall–Kier alpha value is -0.650. The van der Waals surface area contributed by atoms with E-state index in [-0.39, 0.29) is 11.8 Å². The molecule has 0 bridgehead atoms. The Morgan fingerprint density at radius 1 is 1.26 bits per heavy atom. The first-order chi connectivity index (χ1) is 9.08. The average molecular weight is 270 g/mol. The molecule has 0 aromatic carbocycles. The van der Waals surface area contributed by atoms with E-state index in [1.54, 1.807) is 0 Å². The molecule has 0 aromatic heterocycles. The summed E-state index contributed by atoms with van der Waals surface area (Å²) in [5.74, 6) is -0.256. The minimum absolute atomic E-state index is 0.0578. The zero-order valence-electron chi connectivity index (χ0n) is 12.5. The first kappa shape index (κ1) is 16.4. The quantitative estimate of drug-likeness (QED) is 0.695. The molecule has 19 heavy (non-hydrogen) atoms. The number of nitrogens with zero attached hydrogens (tertiary/aromatic N) is 2.